The van der Waals surface area contributed by atoms with Crippen LogP contribution in [0.5, 0.6) is 5.75 Å². The average Bonchev–Trinajstić information content (AvgIpc) is 2.86. The Balaban J connectivity index is 2.11. The molecule has 0 aliphatic carbocycles. The van der Waals surface area contributed by atoms with Crippen molar-refractivity contribution in [1.29, 1.82) is 0 Å². The average molecular weight is 262 g/mol. The van der Waals surface area contributed by atoms with E-state index >= 15 is 0 Å². The first-order valence-electron chi connectivity index (χ1n) is 7.28. The van der Waals surface area contributed by atoms with E-state index in [1.165, 1.54) is 37.1 Å². The van der Waals surface area contributed by atoms with Gasteiger partial charge >= 0.3 is 0 Å². The fourth-order valence-electron chi connectivity index (χ4n) is 2.84. The van der Waals surface area contributed by atoms with Crippen molar-refractivity contribution in [3.63, 3.8) is 0 Å². The van der Waals surface area contributed by atoms with E-state index in [1.807, 2.05) is 13.0 Å². The SMILES string of the molecule is CCC1CCN(Cc2cc(C(C)N)ccc2OC)C1. The number of nitrogens with zero attached hydrogens (tertiary/aromatic N) is 1. The molecule has 1 saturated heterocycles. The lowest BCUT2D eigenvalue weighted by atomic mass is 10.0. The van der Waals surface area contributed by atoms with Gasteiger partial charge in [-0.2, -0.15) is 0 Å². The number of methoxy groups -OCH3 is 1. The summed E-state index contributed by atoms with van der Waals surface area (Å²) >= 11 is 0. The molecule has 0 aromatic heterocycles. The van der Waals surface area contributed by atoms with Gasteiger partial charge in [-0.15, -0.1) is 0 Å². The van der Waals surface area contributed by atoms with Gasteiger partial charge in [0, 0.05) is 24.7 Å². The van der Waals surface area contributed by atoms with E-state index in [0.29, 0.717) is 0 Å². The van der Waals surface area contributed by atoms with Crippen LogP contribution in [0.4, 0.5) is 0 Å². The molecule has 0 spiro atoms. The normalized spacial score (nSPS) is 21.6. The molecule has 1 heterocycles. The molecule has 2 unspecified atom stereocenters. The van der Waals surface area contributed by atoms with Gasteiger partial charge in [-0.1, -0.05) is 19.4 Å². The zero-order chi connectivity index (χ0) is 13.8. The van der Waals surface area contributed by atoms with E-state index in [0.717, 1.165) is 18.2 Å². The zero-order valence-corrected chi connectivity index (χ0v) is 12.4. The topological polar surface area (TPSA) is 38.5 Å². The Bertz CT molecular complexity index is 417. The number of hydrogen-bond donors (Lipinski definition) is 1. The highest BCUT2D eigenvalue weighted by atomic mass is 16.5. The summed E-state index contributed by atoms with van der Waals surface area (Å²) in [6.07, 6.45) is 2.61. The summed E-state index contributed by atoms with van der Waals surface area (Å²) in [5.41, 5.74) is 8.41. The molecule has 0 bridgehead atoms. The minimum atomic E-state index is 0.0756. The largest absolute Gasteiger partial charge is 0.496 e. The van der Waals surface area contributed by atoms with Crippen molar-refractivity contribution in [3.8, 4) is 5.75 Å². The van der Waals surface area contributed by atoms with E-state index in [9.17, 15) is 0 Å². The van der Waals surface area contributed by atoms with E-state index in [4.69, 9.17) is 10.5 Å². The summed E-state index contributed by atoms with van der Waals surface area (Å²) < 4.78 is 5.48. The molecule has 2 rings (SSSR count). The second kappa shape index (κ2) is 6.40. The maximum absolute atomic E-state index is 5.97. The molecule has 0 radical (unpaired) electrons. The second-order valence-electron chi connectivity index (χ2n) is 5.66. The third kappa shape index (κ3) is 3.48. The number of hydrogen-bond acceptors (Lipinski definition) is 3. The Morgan fingerprint density at radius 1 is 1.47 bits per heavy atom. The Hall–Kier alpha value is -1.06. The van der Waals surface area contributed by atoms with Crippen molar-refractivity contribution in [2.75, 3.05) is 20.2 Å². The molecule has 19 heavy (non-hydrogen) atoms. The minimum absolute atomic E-state index is 0.0756. The van der Waals surface area contributed by atoms with Crippen LogP contribution in [0.3, 0.4) is 0 Å². The monoisotopic (exact) mass is 262 g/mol. The molecule has 2 N–H and O–H groups in total. The Morgan fingerprint density at radius 2 is 2.26 bits per heavy atom. The lowest BCUT2D eigenvalue weighted by Crippen LogP contribution is -2.20. The third-order valence-corrected chi connectivity index (χ3v) is 4.17. The van der Waals surface area contributed by atoms with Gasteiger partial charge in [0.2, 0.25) is 0 Å². The molecule has 1 aromatic rings. The maximum Gasteiger partial charge on any atom is 0.123 e. The van der Waals surface area contributed by atoms with Crippen LogP contribution in [-0.4, -0.2) is 25.1 Å². The number of nitrogens with two attached hydrogens (primary N) is 1. The molecule has 0 saturated carbocycles. The molecule has 1 aromatic carbocycles. The highest BCUT2D eigenvalue weighted by molar-refractivity contribution is 5.38. The van der Waals surface area contributed by atoms with Crippen molar-refractivity contribution >= 4 is 0 Å². The molecule has 1 fully saturated rings. The van der Waals surface area contributed by atoms with Gasteiger partial charge in [0.05, 0.1) is 7.11 Å². The highest BCUT2D eigenvalue weighted by Crippen LogP contribution is 2.27. The van der Waals surface area contributed by atoms with Crippen LogP contribution in [0.1, 0.15) is 43.9 Å². The van der Waals surface area contributed by atoms with E-state index in [2.05, 4.69) is 24.0 Å². The fraction of sp³-hybridized carbons (Fsp3) is 0.625. The van der Waals surface area contributed by atoms with Crippen LogP contribution >= 0.6 is 0 Å². The summed E-state index contributed by atoms with van der Waals surface area (Å²) in [7, 11) is 1.74. The van der Waals surface area contributed by atoms with Crippen molar-refractivity contribution in [2.45, 2.75) is 39.3 Å². The van der Waals surface area contributed by atoms with Gasteiger partial charge in [-0.25, -0.2) is 0 Å². The van der Waals surface area contributed by atoms with Crippen molar-refractivity contribution in [2.24, 2.45) is 11.7 Å². The van der Waals surface area contributed by atoms with Gasteiger partial charge in [-0.05, 0) is 43.5 Å². The highest BCUT2D eigenvalue weighted by Gasteiger charge is 2.22. The summed E-state index contributed by atoms with van der Waals surface area (Å²) in [5.74, 6) is 1.84. The smallest absolute Gasteiger partial charge is 0.123 e. The lowest BCUT2D eigenvalue weighted by molar-refractivity contribution is 0.307. The van der Waals surface area contributed by atoms with Crippen LogP contribution in [0, 0.1) is 5.92 Å². The molecule has 1 aliphatic heterocycles. The predicted octanol–water partition coefficient (Wildman–Crippen LogP) is 2.95. The van der Waals surface area contributed by atoms with Crippen molar-refractivity contribution in [3.05, 3.63) is 29.3 Å². The van der Waals surface area contributed by atoms with E-state index in [-0.39, 0.29) is 6.04 Å². The third-order valence-electron chi connectivity index (χ3n) is 4.17. The van der Waals surface area contributed by atoms with Gasteiger partial charge in [0.1, 0.15) is 5.75 Å². The van der Waals surface area contributed by atoms with E-state index < -0.39 is 0 Å². The second-order valence-corrected chi connectivity index (χ2v) is 5.66. The minimum Gasteiger partial charge on any atom is -0.496 e. The zero-order valence-electron chi connectivity index (χ0n) is 12.4. The molecule has 3 heteroatoms. The van der Waals surface area contributed by atoms with Gasteiger partial charge in [-0.3, -0.25) is 4.90 Å². The first-order chi connectivity index (χ1) is 9.13. The molecule has 106 valence electrons. The van der Waals surface area contributed by atoms with Crippen molar-refractivity contribution < 1.29 is 4.74 Å². The van der Waals surface area contributed by atoms with Gasteiger partial charge in [0.15, 0.2) is 0 Å². The lowest BCUT2D eigenvalue weighted by Gasteiger charge is -2.19. The van der Waals surface area contributed by atoms with Crippen LogP contribution in [0.25, 0.3) is 0 Å². The molecule has 2 atom stereocenters. The number of benzene rings is 1. The molecular formula is C16H26N2O. The summed E-state index contributed by atoms with van der Waals surface area (Å²) in [6, 6.07) is 6.38. The van der Waals surface area contributed by atoms with Crippen LogP contribution in [0.15, 0.2) is 18.2 Å². The van der Waals surface area contributed by atoms with Crippen LogP contribution in [0.2, 0.25) is 0 Å². The summed E-state index contributed by atoms with van der Waals surface area (Å²) in [5, 5.41) is 0. The quantitative estimate of drug-likeness (QED) is 0.886. The summed E-state index contributed by atoms with van der Waals surface area (Å²) in [6.45, 7) is 7.69. The molecule has 3 nitrogen and oxygen atoms in total. The summed E-state index contributed by atoms with van der Waals surface area (Å²) in [4.78, 5) is 2.52. The predicted molar refractivity (Wildman–Crippen MR) is 79.3 cm³/mol. The molecule has 0 amide bonds. The van der Waals surface area contributed by atoms with Gasteiger partial charge in [0.25, 0.3) is 0 Å². The van der Waals surface area contributed by atoms with Crippen molar-refractivity contribution in [1.82, 2.24) is 4.90 Å². The van der Waals surface area contributed by atoms with Crippen LogP contribution < -0.4 is 10.5 Å². The Labute approximate surface area is 116 Å². The first kappa shape index (κ1) is 14.4. The number of ether oxygens (including phenoxy) is 1. The van der Waals surface area contributed by atoms with Gasteiger partial charge < -0.3 is 10.5 Å². The first-order valence-corrected chi connectivity index (χ1v) is 7.28. The van der Waals surface area contributed by atoms with Crippen LogP contribution in [-0.2, 0) is 6.54 Å². The number of likely N-dealkylation sites (tertiary alicyclic amines) is 1. The number of rotatable bonds is 5. The Kier molecular flexibility index (Phi) is 4.83. The fourth-order valence-corrected chi connectivity index (χ4v) is 2.84. The Morgan fingerprint density at radius 3 is 2.84 bits per heavy atom. The molecule has 1 aliphatic rings. The standard InChI is InChI=1S/C16H26N2O/c1-4-13-7-8-18(10-13)11-15-9-14(12(2)17)5-6-16(15)19-3/h5-6,9,12-13H,4,7-8,10-11,17H2,1-3H3. The molecular weight excluding hydrogens is 236 g/mol. The maximum atomic E-state index is 5.97. The van der Waals surface area contributed by atoms with E-state index in [1.54, 1.807) is 7.11 Å².